The maximum atomic E-state index is 6.66. The van der Waals surface area contributed by atoms with Crippen molar-refractivity contribution in [2.75, 3.05) is 0 Å². The van der Waals surface area contributed by atoms with Crippen LogP contribution in [0.25, 0.3) is 111 Å². The van der Waals surface area contributed by atoms with Gasteiger partial charge in [0.05, 0.1) is 11.1 Å². The second-order valence-corrected chi connectivity index (χ2v) is 16.2. The molecule has 5 nitrogen and oxygen atoms in total. The lowest BCUT2D eigenvalue weighted by Crippen LogP contribution is -2.15. The number of rotatable bonds is 5. The number of fused-ring (bicyclic) bond motifs is 9. The first kappa shape index (κ1) is 34.3. The molecule has 0 saturated carbocycles. The predicted molar refractivity (Wildman–Crippen MR) is 245 cm³/mol. The van der Waals surface area contributed by atoms with Gasteiger partial charge in [-0.3, -0.25) is 4.98 Å². The molecule has 60 heavy (non-hydrogen) atoms. The van der Waals surface area contributed by atoms with Gasteiger partial charge in [-0.05, 0) is 92.4 Å². The lowest BCUT2D eigenvalue weighted by molar-refractivity contribution is 0.661. The number of nitrogens with zero attached hydrogens (tertiary/aromatic N) is 4. The van der Waals surface area contributed by atoms with Crippen molar-refractivity contribution in [3.05, 3.63) is 193 Å². The number of pyridine rings is 1. The van der Waals surface area contributed by atoms with Crippen molar-refractivity contribution in [2.45, 2.75) is 19.3 Å². The van der Waals surface area contributed by atoms with Gasteiger partial charge < -0.3 is 4.42 Å². The lowest BCUT2D eigenvalue weighted by atomic mass is 9.80. The predicted octanol–water partition coefficient (Wildman–Crippen LogP) is 14.1. The van der Waals surface area contributed by atoms with Gasteiger partial charge in [0.25, 0.3) is 0 Å². The maximum Gasteiger partial charge on any atom is 0.167 e. The first-order valence-electron chi connectivity index (χ1n) is 20.4. The fraction of sp³-hybridized carbons (Fsp3) is 0.0545. The zero-order chi connectivity index (χ0) is 40.0. The minimum atomic E-state index is -0.250. The summed E-state index contributed by atoms with van der Waals surface area (Å²) in [7, 11) is 0. The molecule has 0 fully saturated rings. The van der Waals surface area contributed by atoms with Crippen LogP contribution in [0.1, 0.15) is 25.0 Å². The van der Waals surface area contributed by atoms with E-state index in [2.05, 4.69) is 111 Å². The van der Waals surface area contributed by atoms with E-state index < -0.39 is 0 Å². The molecule has 0 spiro atoms. The van der Waals surface area contributed by atoms with Crippen LogP contribution in [-0.4, -0.2) is 19.9 Å². The van der Waals surface area contributed by atoms with Gasteiger partial charge in [0, 0.05) is 44.3 Å². The minimum Gasteiger partial charge on any atom is -0.455 e. The summed E-state index contributed by atoms with van der Waals surface area (Å²) in [4.78, 5) is 20.1. The Hall–Kier alpha value is -7.76. The maximum absolute atomic E-state index is 6.66. The number of aromatic nitrogens is 4. The summed E-state index contributed by atoms with van der Waals surface area (Å²) in [6.45, 7) is 4.70. The summed E-state index contributed by atoms with van der Waals surface area (Å²) in [5.74, 6) is 1.78. The molecule has 0 aliphatic heterocycles. The van der Waals surface area contributed by atoms with E-state index in [0.29, 0.717) is 17.5 Å². The van der Waals surface area contributed by atoms with E-state index in [4.69, 9.17) is 24.4 Å². The SMILES string of the molecule is CC1(C)c2cc(-c3cc(-c4nc(-c5ccccc5)nc(-c5ccccc5)n4)c4oc5ccccc5c4c3)ccc2-c2ccc(-c3cc4ccccc4c4ncccc34)cc21. The van der Waals surface area contributed by atoms with Crippen molar-refractivity contribution in [3.8, 4) is 67.5 Å². The first-order chi connectivity index (χ1) is 29.5. The first-order valence-corrected chi connectivity index (χ1v) is 20.4. The van der Waals surface area contributed by atoms with Crippen molar-refractivity contribution in [1.82, 2.24) is 19.9 Å². The summed E-state index contributed by atoms with van der Waals surface area (Å²) < 4.78 is 6.66. The van der Waals surface area contributed by atoms with E-state index >= 15 is 0 Å². The molecular weight excluding hydrogens is 733 g/mol. The highest BCUT2D eigenvalue weighted by molar-refractivity contribution is 6.13. The van der Waals surface area contributed by atoms with Crippen LogP contribution >= 0.6 is 0 Å². The van der Waals surface area contributed by atoms with E-state index in [1.807, 2.05) is 85.1 Å². The number of hydrogen-bond donors (Lipinski definition) is 0. The molecule has 3 aromatic heterocycles. The fourth-order valence-electron chi connectivity index (χ4n) is 9.32. The van der Waals surface area contributed by atoms with E-state index in [9.17, 15) is 0 Å². The molecule has 0 unspecified atom stereocenters. The highest BCUT2D eigenvalue weighted by Gasteiger charge is 2.36. The third-order valence-corrected chi connectivity index (χ3v) is 12.4. The zero-order valence-corrected chi connectivity index (χ0v) is 33.0. The number of para-hydroxylation sites is 1. The molecule has 282 valence electrons. The Morgan fingerprint density at radius 2 is 1.00 bits per heavy atom. The van der Waals surface area contributed by atoms with E-state index in [-0.39, 0.29) is 5.41 Å². The second-order valence-electron chi connectivity index (χ2n) is 16.2. The van der Waals surface area contributed by atoms with E-state index in [1.54, 1.807) is 0 Å². The molecule has 1 aliphatic carbocycles. The smallest absolute Gasteiger partial charge is 0.167 e. The highest BCUT2D eigenvalue weighted by Crippen LogP contribution is 2.51. The van der Waals surface area contributed by atoms with Crippen LogP contribution in [0.5, 0.6) is 0 Å². The molecule has 8 aromatic carbocycles. The van der Waals surface area contributed by atoms with Gasteiger partial charge in [-0.1, -0.05) is 147 Å². The monoisotopic (exact) mass is 768 g/mol. The van der Waals surface area contributed by atoms with Crippen LogP contribution in [0.4, 0.5) is 0 Å². The number of hydrogen-bond acceptors (Lipinski definition) is 5. The van der Waals surface area contributed by atoms with Crippen molar-refractivity contribution in [3.63, 3.8) is 0 Å². The van der Waals surface area contributed by atoms with Crippen molar-refractivity contribution in [2.24, 2.45) is 0 Å². The molecule has 0 atom stereocenters. The summed E-state index contributed by atoms with van der Waals surface area (Å²) in [5, 5.41) is 5.60. The lowest BCUT2D eigenvalue weighted by Gasteiger charge is -2.23. The molecule has 5 heteroatoms. The van der Waals surface area contributed by atoms with Crippen LogP contribution in [0, 0.1) is 0 Å². The van der Waals surface area contributed by atoms with Crippen LogP contribution in [0.15, 0.2) is 187 Å². The minimum absolute atomic E-state index is 0.250. The van der Waals surface area contributed by atoms with Crippen LogP contribution in [-0.2, 0) is 5.41 Å². The van der Waals surface area contributed by atoms with Crippen LogP contribution < -0.4 is 0 Å². The van der Waals surface area contributed by atoms with Gasteiger partial charge in [-0.15, -0.1) is 0 Å². The highest BCUT2D eigenvalue weighted by atomic mass is 16.3. The van der Waals surface area contributed by atoms with E-state index in [0.717, 1.165) is 60.7 Å². The van der Waals surface area contributed by atoms with Gasteiger partial charge in [0.2, 0.25) is 0 Å². The quantitative estimate of drug-likeness (QED) is 0.163. The van der Waals surface area contributed by atoms with Crippen LogP contribution in [0.2, 0.25) is 0 Å². The van der Waals surface area contributed by atoms with Crippen molar-refractivity contribution < 1.29 is 4.42 Å². The average molecular weight is 769 g/mol. The Bertz CT molecular complexity index is 3460. The Balaban J connectivity index is 1.02. The van der Waals surface area contributed by atoms with E-state index in [1.165, 1.54) is 44.2 Å². The van der Waals surface area contributed by atoms with Gasteiger partial charge in [0.1, 0.15) is 11.2 Å². The second kappa shape index (κ2) is 13.1. The zero-order valence-electron chi connectivity index (χ0n) is 33.0. The molecule has 1 aliphatic rings. The van der Waals surface area contributed by atoms with Gasteiger partial charge in [0.15, 0.2) is 17.5 Å². The van der Waals surface area contributed by atoms with Crippen LogP contribution in [0.3, 0.4) is 0 Å². The molecule has 11 aromatic rings. The summed E-state index contributed by atoms with van der Waals surface area (Å²) in [6.07, 6.45) is 1.89. The normalized spacial score (nSPS) is 13.0. The molecule has 0 amide bonds. The third-order valence-electron chi connectivity index (χ3n) is 12.4. The Morgan fingerprint density at radius 1 is 0.400 bits per heavy atom. The largest absolute Gasteiger partial charge is 0.455 e. The Morgan fingerprint density at radius 3 is 1.73 bits per heavy atom. The topological polar surface area (TPSA) is 64.7 Å². The standard InChI is InChI=1S/C55H36N4O/c1-55(2)47-31-35(23-25-40(47)41-26-24-37(32-48(41)55)44-28-36-18-9-10-19-39(36)50-43(44)21-13-27-56-50)38-29-45-42-20-11-12-22-49(42)60-51(45)46(30-38)54-58-52(33-14-5-3-6-15-33)57-53(59-54)34-16-7-4-8-17-34/h3-32H,1-2H3. The molecule has 12 rings (SSSR count). The molecule has 0 radical (unpaired) electrons. The molecule has 3 heterocycles. The van der Waals surface area contributed by atoms with Crippen molar-refractivity contribution in [1.29, 1.82) is 0 Å². The van der Waals surface area contributed by atoms with Gasteiger partial charge in [-0.2, -0.15) is 0 Å². The van der Waals surface area contributed by atoms with Crippen molar-refractivity contribution >= 4 is 43.6 Å². The molecule has 0 N–H and O–H groups in total. The third kappa shape index (κ3) is 5.33. The molecule has 0 bridgehead atoms. The van der Waals surface area contributed by atoms with Gasteiger partial charge in [-0.25, -0.2) is 15.0 Å². The fourth-order valence-corrected chi connectivity index (χ4v) is 9.32. The number of benzene rings is 8. The average Bonchev–Trinajstić information content (AvgIpc) is 3.80. The molecule has 0 saturated heterocycles. The summed E-state index contributed by atoms with van der Waals surface area (Å²) in [6, 6.07) is 61.9. The Kier molecular flexibility index (Phi) is 7.51. The molecular formula is C55H36N4O. The number of furan rings is 1. The summed E-state index contributed by atoms with van der Waals surface area (Å²) in [5.41, 5.74) is 14.8. The Labute approximate surface area is 346 Å². The summed E-state index contributed by atoms with van der Waals surface area (Å²) >= 11 is 0. The van der Waals surface area contributed by atoms with Gasteiger partial charge >= 0.3 is 0 Å².